The number of piperazine rings is 1. The van der Waals surface area contributed by atoms with Crippen LogP contribution in [0.3, 0.4) is 0 Å². The van der Waals surface area contributed by atoms with Gasteiger partial charge in [-0.3, -0.25) is 9.59 Å². The highest BCUT2D eigenvalue weighted by molar-refractivity contribution is 5.94. The van der Waals surface area contributed by atoms with Gasteiger partial charge in [0.1, 0.15) is 11.5 Å². The maximum Gasteiger partial charge on any atom is 0.254 e. The van der Waals surface area contributed by atoms with Crippen LogP contribution in [0, 0.1) is 11.6 Å². The van der Waals surface area contributed by atoms with E-state index in [0.717, 1.165) is 29.2 Å². The summed E-state index contributed by atoms with van der Waals surface area (Å²) in [6, 6.07) is 16.7. The van der Waals surface area contributed by atoms with Crippen molar-refractivity contribution in [1.29, 1.82) is 0 Å². The van der Waals surface area contributed by atoms with Crippen LogP contribution in [0.5, 0.6) is 0 Å². The third kappa shape index (κ3) is 4.82. The molecule has 0 radical (unpaired) electrons. The minimum Gasteiger partial charge on any atom is -0.461 e. The number of aryl methyl sites for hydroxylation is 1. The van der Waals surface area contributed by atoms with E-state index >= 15 is 0 Å². The molecule has 5 nitrogen and oxygen atoms in total. The standard InChI is InChI=1S/C24H22F2N2O3/c25-20-9-6-18(16-21(20)26)24(30)28-14-12-27(13-15-28)23(29)11-8-19-7-10-22(31-19)17-4-2-1-3-5-17/h1-7,9-10,16H,8,11-15H2. The van der Waals surface area contributed by atoms with Crippen LogP contribution in [0.2, 0.25) is 0 Å². The summed E-state index contributed by atoms with van der Waals surface area (Å²) >= 11 is 0. The number of furan rings is 1. The molecule has 0 bridgehead atoms. The number of halogens is 2. The molecule has 0 unspecified atom stereocenters. The van der Waals surface area contributed by atoms with Crippen molar-refractivity contribution >= 4 is 11.8 Å². The van der Waals surface area contributed by atoms with Crippen LogP contribution < -0.4 is 0 Å². The number of nitrogens with zero attached hydrogens (tertiary/aromatic N) is 2. The third-order valence-electron chi connectivity index (χ3n) is 5.39. The molecule has 0 spiro atoms. The molecule has 31 heavy (non-hydrogen) atoms. The Morgan fingerprint density at radius 2 is 1.55 bits per heavy atom. The SMILES string of the molecule is O=C(CCc1ccc(-c2ccccc2)o1)N1CCN(C(=O)c2ccc(F)c(F)c2)CC1. The van der Waals surface area contributed by atoms with Crippen LogP contribution in [-0.2, 0) is 11.2 Å². The molecule has 160 valence electrons. The van der Waals surface area contributed by atoms with Crippen molar-refractivity contribution in [2.24, 2.45) is 0 Å². The average Bonchev–Trinajstić information content (AvgIpc) is 3.29. The summed E-state index contributed by atoms with van der Waals surface area (Å²) in [5, 5.41) is 0. The fourth-order valence-electron chi connectivity index (χ4n) is 3.63. The predicted octanol–water partition coefficient (Wildman–Crippen LogP) is 4.14. The summed E-state index contributed by atoms with van der Waals surface area (Å²) in [4.78, 5) is 28.3. The minimum atomic E-state index is -1.05. The number of carbonyl (C=O) groups excluding carboxylic acids is 2. The van der Waals surface area contributed by atoms with Crippen LogP contribution in [0.15, 0.2) is 65.1 Å². The Kier molecular flexibility index (Phi) is 6.11. The van der Waals surface area contributed by atoms with E-state index in [9.17, 15) is 18.4 Å². The second kappa shape index (κ2) is 9.12. The summed E-state index contributed by atoms with van der Waals surface area (Å²) < 4.78 is 32.3. The minimum absolute atomic E-state index is 0.00223. The number of carbonyl (C=O) groups is 2. The second-order valence-corrected chi connectivity index (χ2v) is 7.43. The fourth-order valence-corrected chi connectivity index (χ4v) is 3.63. The van der Waals surface area contributed by atoms with Gasteiger partial charge in [-0.2, -0.15) is 0 Å². The molecule has 1 saturated heterocycles. The van der Waals surface area contributed by atoms with Crippen LogP contribution in [0.25, 0.3) is 11.3 Å². The lowest BCUT2D eigenvalue weighted by molar-refractivity contribution is -0.132. The summed E-state index contributed by atoms with van der Waals surface area (Å²) in [5.41, 5.74) is 1.09. The van der Waals surface area contributed by atoms with Crippen molar-refractivity contribution in [3.8, 4) is 11.3 Å². The molecule has 1 fully saturated rings. The van der Waals surface area contributed by atoms with Crippen molar-refractivity contribution in [2.45, 2.75) is 12.8 Å². The molecule has 0 N–H and O–H groups in total. The number of amides is 2. The third-order valence-corrected chi connectivity index (χ3v) is 5.39. The monoisotopic (exact) mass is 424 g/mol. The maximum atomic E-state index is 13.4. The van der Waals surface area contributed by atoms with Gasteiger partial charge in [0.25, 0.3) is 5.91 Å². The van der Waals surface area contributed by atoms with Crippen molar-refractivity contribution in [2.75, 3.05) is 26.2 Å². The molecular formula is C24H22F2N2O3. The molecule has 1 aliphatic heterocycles. The van der Waals surface area contributed by atoms with E-state index in [-0.39, 0.29) is 17.4 Å². The molecular weight excluding hydrogens is 402 g/mol. The summed E-state index contributed by atoms with van der Waals surface area (Å²) in [7, 11) is 0. The molecule has 0 saturated carbocycles. The zero-order valence-corrected chi connectivity index (χ0v) is 16.9. The van der Waals surface area contributed by atoms with Gasteiger partial charge in [0, 0.05) is 50.1 Å². The first kappa shape index (κ1) is 20.8. The van der Waals surface area contributed by atoms with Gasteiger partial charge in [0.2, 0.25) is 5.91 Å². The van der Waals surface area contributed by atoms with E-state index in [4.69, 9.17) is 4.42 Å². The Labute approximate surface area is 178 Å². The summed E-state index contributed by atoms with van der Waals surface area (Å²) in [6.07, 6.45) is 0.818. The number of benzene rings is 2. The highest BCUT2D eigenvalue weighted by Crippen LogP contribution is 2.22. The van der Waals surface area contributed by atoms with Gasteiger partial charge in [-0.05, 0) is 30.3 Å². The molecule has 1 aliphatic rings. The molecule has 2 amide bonds. The van der Waals surface area contributed by atoms with E-state index in [2.05, 4.69) is 0 Å². The topological polar surface area (TPSA) is 53.8 Å². The zero-order chi connectivity index (χ0) is 21.8. The van der Waals surface area contributed by atoms with Crippen LogP contribution >= 0.6 is 0 Å². The number of rotatable bonds is 5. The van der Waals surface area contributed by atoms with E-state index < -0.39 is 11.6 Å². The van der Waals surface area contributed by atoms with E-state index in [1.165, 1.54) is 6.07 Å². The molecule has 2 heterocycles. The molecule has 2 aromatic carbocycles. The van der Waals surface area contributed by atoms with Gasteiger partial charge in [-0.1, -0.05) is 30.3 Å². The van der Waals surface area contributed by atoms with Crippen molar-refractivity contribution in [3.63, 3.8) is 0 Å². The Hall–Kier alpha value is -3.48. The highest BCUT2D eigenvalue weighted by Gasteiger charge is 2.25. The fraction of sp³-hybridized carbons (Fsp3) is 0.250. The van der Waals surface area contributed by atoms with Crippen LogP contribution in [0.4, 0.5) is 8.78 Å². The second-order valence-electron chi connectivity index (χ2n) is 7.43. The van der Waals surface area contributed by atoms with Crippen molar-refractivity contribution in [1.82, 2.24) is 9.80 Å². The van der Waals surface area contributed by atoms with Crippen molar-refractivity contribution in [3.05, 3.63) is 83.6 Å². The van der Waals surface area contributed by atoms with Crippen LogP contribution in [0.1, 0.15) is 22.5 Å². The summed E-state index contributed by atoms with van der Waals surface area (Å²) in [6.45, 7) is 1.51. The Morgan fingerprint density at radius 1 is 0.839 bits per heavy atom. The lowest BCUT2D eigenvalue weighted by atomic mass is 10.1. The first-order valence-electron chi connectivity index (χ1n) is 10.2. The van der Waals surface area contributed by atoms with Crippen LogP contribution in [-0.4, -0.2) is 47.8 Å². The van der Waals surface area contributed by atoms with Gasteiger partial charge in [-0.25, -0.2) is 8.78 Å². The van der Waals surface area contributed by atoms with E-state index in [1.54, 1.807) is 9.80 Å². The molecule has 7 heteroatoms. The van der Waals surface area contributed by atoms with Gasteiger partial charge in [0.15, 0.2) is 11.6 Å². The Morgan fingerprint density at radius 3 is 2.26 bits per heavy atom. The lowest BCUT2D eigenvalue weighted by Crippen LogP contribution is -2.50. The zero-order valence-electron chi connectivity index (χ0n) is 16.9. The summed E-state index contributed by atoms with van der Waals surface area (Å²) in [5.74, 6) is -0.883. The molecule has 4 rings (SSSR count). The van der Waals surface area contributed by atoms with Gasteiger partial charge >= 0.3 is 0 Å². The van der Waals surface area contributed by atoms with Crippen molar-refractivity contribution < 1.29 is 22.8 Å². The highest BCUT2D eigenvalue weighted by atomic mass is 19.2. The normalized spacial score (nSPS) is 14.0. The first-order chi connectivity index (χ1) is 15.0. The largest absolute Gasteiger partial charge is 0.461 e. The van der Waals surface area contributed by atoms with E-state index in [0.29, 0.717) is 39.0 Å². The quantitative estimate of drug-likeness (QED) is 0.619. The van der Waals surface area contributed by atoms with Gasteiger partial charge < -0.3 is 14.2 Å². The number of hydrogen-bond acceptors (Lipinski definition) is 3. The van der Waals surface area contributed by atoms with E-state index in [1.807, 2.05) is 42.5 Å². The molecule has 0 aliphatic carbocycles. The van der Waals surface area contributed by atoms with Gasteiger partial charge in [-0.15, -0.1) is 0 Å². The molecule has 3 aromatic rings. The number of hydrogen-bond donors (Lipinski definition) is 0. The Bertz CT molecular complexity index is 1070. The van der Waals surface area contributed by atoms with Gasteiger partial charge in [0.05, 0.1) is 0 Å². The Balaban J connectivity index is 1.27. The first-order valence-corrected chi connectivity index (χ1v) is 10.2. The maximum absolute atomic E-state index is 13.4. The lowest BCUT2D eigenvalue weighted by Gasteiger charge is -2.34. The molecule has 0 atom stereocenters. The smallest absolute Gasteiger partial charge is 0.254 e. The average molecular weight is 424 g/mol. The molecule has 1 aromatic heterocycles. The predicted molar refractivity (Wildman–Crippen MR) is 111 cm³/mol.